The Morgan fingerprint density at radius 1 is 1.38 bits per heavy atom. The third-order valence-electron chi connectivity index (χ3n) is 3.19. The number of aliphatic hydroxyl groups is 1. The number of benzene rings is 1. The predicted octanol–water partition coefficient (Wildman–Crippen LogP) is 2.24. The minimum atomic E-state index is -0.748. The highest BCUT2D eigenvalue weighted by Gasteiger charge is 2.35. The summed E-state index contributed by atoms with van der Waals surface area (Å²) in [6.07, 6.45) is 1.95. The second-order valence-electron chi connectivity index (χ2n) is 5.35. The third kappa shape index (κ3) is 4.74. The van der Waals surface area contributed by atoms with E-state index >= 15 is 0 Å². The van der Waals surface area contributed by atoms with E-state index in [1.54, 1.807) is 13.2 Å². The maximum Gasteiger partial charge on any atom is 0.163 e. The van der Waals surface area contributed by atoms with Crippen molar-refractivity contribution >= 4 is 0 Å². The van der Waals surface area contributed by atoms with Crippen molar-refractivity contribution in [3.05, 3.63) is 42.2 Å². The molecule has 1 fully saturated rings. The quantitative estimate of drug-likeness (QED) is 0.815. The van der Waals surface area contributed by atoms with Crippen molar-refractivity contribution in [3.63, 3.8) is 0 Å². The fourth-order valence-electron chi connectivity index (χ4n) is 2.01. The molecule has 0 aliphatic carbocycles. The molecule has 0 radical (unpaired) electrons. The molecule has 1 N–H and O–H groups in total. The van der Waals surface area contributed by atoms with E-state index < -0.39 is 11.9 Å². The molecule has 0 spiro atoms. The first-order valence-corrected chi connectivity index (χ1v) is 6.91. The molecule has 0 saturated carbocycles. The number of hydrogen-bond donors (Lipinski definition) is 1. The second-order valence-corrected chi connectivity index (χ2v) is 5.35. The van der Waals surface area contributed by atoms with Crippen LogP contribution < -0.4 is 4.74 Å². The first-order valence-electron chi connectivity index (χ1n) is 6.91. The molecule has 21 heavy (non-hydrogen) atoms. The van der Waals surface area contributed by atoms with Crippen LogP contribution in [0.2, 0.25) is 0 Å². The molecule has 5 nitrogen and oxygen atoms in total. The first-order chi connectivity index (χ1) is 10.00. The second kappa shape index (κ2) is 6.93. The Hall–Kier alpha value is -1.56. The van der Waals surface area contributed by atoms with E-state index in [0.717, 1.165) is 11.3 Å². The number of methoxy groups -OCH3 is 1. The predicted molar refractivity (Wildman–Crippen MR) is 77.8 cm³/mol. The summed E-state index contributed by atoms with van der Waals surface area (Å²) in [5, 5.41) is 9.96. The molecule has 1 heterocycles. The maximum atomic E-state index is 9.96. The van der Waals surface area contributed by atoms with Gasteiger partial charge in [0.25, 0.3) is 0 Å². The van der Waals surface area contributed by atoms with Crippen molar-refractivity contribution in [2.24, 2.45) is 0 Å². The van der Waals surface area contributed by atoms with Gasteiger partial charge in [0.2, 0.25) is 0 Å². The summed E-state index contributed by atoms with van der Waals surface area (Å²) in [5.74, 6) is 0.175. The number of hydrogen-bond acceptors (Lipinski definition) is 5. The molecule has 0 amide bonds. The maximum absolute atomic E-state index is 9.96. The van der Waals surface area contributed by atoms with Crippen LogP contribution in [0.4, 0.5) is 0 Å². The van der Waals surface area contributed by atoms with Gasteiger partial charge >= 0.3 is 0 Å². The summed E-state index contributed by atoms with van der Waals surface area (Å²) in [4.78, 5) is 0. The normalized spacial score (nSPS) is 22.4. The van der Waals surface area contributed by atoms with Crippen LogP contribution in [0.1, 0.15) is 19.4 Å². The van der Waals surface area contributed by atoms with Gasteiger partial charge in [-0.3, -0.25) is 0 Å². The zero-order valence-corrected chi connectivity index (χ0v) is 12.6. The van der Waals surface area contributed by atoms with Crippen LogP contribution in [0.3, 0.4) is 0 Å². The fraction of sp³-hybridized carbons (Fsp3) is 0.500. The Labute approximate surface area is 125 Å². The summed E-state index contributed by atoms with van der Waals surface area (Å²) >= 11 is 0. The van der Waals surface area contributed by atoms with Gasteiger partial charge in [-0.05, 0) is 37.6 Å². The molecule has 0 bridgehead atoms. The van der Waals surface area contributed by atoms with Gasteiger partial charge in [-0.25, -0.2) is 0 Å². The summed E-state index contributed by atoms with van der Waals surface area (Å²) in [6.45, 7) is 4.45. The molecule has 1 aromatic carbocycles. The smallest absolute Gasteiger partial charge is 0.163 e. The van der Waals surface area contributed by atoms with Gasteiger partial charge in [0.05, 0.1) is 20.0 Å². The summed E-state index contributed by atoms with van der Waals surface area (Å²) in [5.41, 5.74) is 1.02. The highest BCUT2D eigenvalue weighted by atomic mass is 16.7. The van der Waals surface area contributed by atoms with Gasteiger partial charge in [0.1, 0.15) is 24.6 Å². The molecule has 1 aliphatic heterocycles. The Bertz CT molecular complexity index is 466. The highest BCUT2D eigenvalue weighted by molar-refractivity contribution is 5.26. The van der Waals surface area contributed by atoms with Crippen LogP contribution in [-0.4, -0.2) is 36.8 Å². The van der Waals surface area contributed by atoms with Crippen molar-refractivity contribution in [1.29, 1.82) is 0 Å². The zero-order valence-electron chi connectivity index (χ0n) is 12.6. The molecule has 1 aromatic rings. The van der Waals surface area contributed by atoms with Crippen molar-refractivity contribution in [2.45, 2.75) is 38.4 Å². The molecule has 0 unspecified atom stereocenters. The molecule has 2 atom stereocenters. The van der Waals surface area contributed by atoms with Crippen LogP contribution >= 0.6 is 0 Å². The fourth-order valence-corrected chi connectivity index (χ4v) is 2.01. The van der Waals surface area contributed by atoms with Gasteiger partial charge in [-0.15, -0.1) is 0 Å². The Morgan fingerprint density at radius 3 is 2.67 bits per heavy atom. The van der Waals surface area contributed by atoms with Crippen molar-refractivity contribution in [2.75, 3.05) is 13.7 Å². The van der Waals surface area contributed by atoms with Crippen LogP contribution in [-0.2, 0) is 20.8 Å². The summed E-state index contributed by atoms with van der Waals surface area (Å²) in [6, 6.07) is 7.62. The lowest BCUT2D eigenvalue weighted by Crippen LogP contribution is -2.29. The molecular weight excluding hydrogens is 272 g/mol. The van der Waals surface area contributed by atoms with E-state index in [9.17, 15) is 5.11 Å². The summed E-state index contributed by atoms with van der Waals surface area (Å²) in [7, 11) is 1.63. The monoisotopic (exact) mass is 294 g/mol. The van der Waals surface area contributed by atoms with Crippen LogP contribution in [0.25, 0.3) is 0 Å². The lowest BCUT2D eigenvalue weighted by Gasteiger charge is -2.18. The first kappa shape index (κ1) is 15.8. The molecule has 1 aliphatic rings. The average Bonchev–Trinajstić information content (AvgIpc) is 2.84. The lowest BCUT2D eigenvalue weighted by atomic mass is 10.2. The Kier molecular flexibility index (Phi) is 5.22. The molecular formula is C16H22O5. The van der Waals surface area contributed by atoms with Crippen molar-refractivity contribution in [1.82, 2.24) is 0 Å². The largest absolute Gasteiger partial charge is 0.497 e. The minimum Gasteiger partial charge on any atom is -0.497 e. The van der Waals surface area contributed by atoms with Gasteiger partial charge in [-0.1, -0.05) is 12.1 Å². The lowest BCUT2D eigenvalue weighted by molar-refractivity contribution is -0.147. The molecule has 1 saturated heterocycles. The standard InChI is InChI=1S/C16H22O5/c1-16(2)20-11-15(21-16)14(17)8-9-19-10-12-4-6-13(18-3)7-5-12/h4-9,14-15,17H,10-11H2,1-3H3/b9-8+/t14-,15-/m1/s1. The van der Waals surface area contributed by atoms with Gasteiger partial charge in [0, 0.05) is 0 Å². The van der Waals surface area contributed by atoms with E-state index in [4.69, 9.17) is 18.9 Å². The van der Waals surface area contributed by atoms with E-state index in [1.807, 2.05) is 38.1 Å². The van der Waals surface area contributed by atoms with Crippen molar-refractivity contribution in [3.8, 4) is 5.75 Å². The topological polar surface area (TPSA) is 57.2 Å². The zero-order chi connectivity index (χ0) is 15.3. The van der Waals surface area contributed by atoms with Gasteiger partial charge < -0.3 is 24.1 Å². The Morgan fingerprint density at radius 2 is 2.10 bits per heavy atom. The Balaban J connectivity index is 1.74. The average molecular weight is 294 g/mol. The van der Waals surface area contributed by atoms with Crippen LogP contribution in [0.15, 0.2) is 36.6 Å². The van der Waals surface area contributed by atoms with E-state index in [-0.39, 0.29) is 6.10 Å². The van der Waals surface area contributed by atoms with Crippen LogP contribution in [0.5, 0.6) is 5.75 Å². The SMILES string of the molecule is COc1ccc(CO/C=C/[C@@H](O)[C@H]2COC(C)(C)O2)cc1. The third-order valence-corrected chi connectivity index (χ3v) is 3.19. The van der Waals surface area contributed by atoms with Crippen LogP contribution in [0, 0.1) is 0 Å². The summed E-state index contributed by atoms with van der Waals surface area (Å²) < 4.78 is 21.4. The molecule has 0 aromatic heterocycles. The molecule has 5 heteroatoms. The highest BCUT2D eigenvalue weighted by Crippen LogP contribution is 2.24. The number of aliphatic hydroxyl groups excluding tert-OH is 1. The van der Waals surface area contributed by atoms with Gasteiger partial charge in [-0.2, -0.15) is 0 Å². The van der Waals surface area contributed by atoms with E-state index in [2.05, 4.69) is 0 Å². The minimum absolute atomic E-state index is 0.360. The number of rotatable bonds is 6. The number of ether oxygens (including phenoxy) is 4. The molecule has 2 rings (SSSR count). The van der Waals surface area contributed by atoms with E-state index in [1.165, 1.54) is 6.26 Å². The van der Waals surface area contributed by atoms with E-state index in [0.29, 0.717) is 13.2 Å². The van der Waals surface area contributed by atoms with Crippen molar-refractivity contribution < 1.29 is 24.1 Å². The van der Waals surface area contributed by atoms with Gasteiger partial charge in [0.15, 0.2) is 5.79 Å². The molecule has 116 valence electrons.